The number of hydrogen-bond acceptors (Lipinski definition) is 7. The first kappa shape index (κ1) is 24.2. The lowest BCUT2D eigenvalue weighted by atomic mass is 9.96. The monoisotopic (exact) mass is 474 g/mol. The van der Waals surface area contributed by atoms with Crippen LogP contribution in [0.5, 0.6) is 0 Å². The first-order chi connectivity index (χ1) is 16.7. The highest BCUT2D eigenvalue weighted by Gasteiger charge is 2.23. The van der Waals surface area contributed by atoms with Crippen LogP contribution in [0, 0.1) is 5.82 Å². The number of aromatic nitrogens is 4. The smallest absolute Gasteiger partial charge is 0.251 e. The van der Waals surface area contributed by atoms with Crippen LogP contribution in [0.25, 0.3) is 22.2 Å². The molecule has 0 bridgehead atoms. The fourth-order valence-electron chi connectivity index (χ4n) is 3.94. The number of fused-ring (bicyclic) bond motifs is 1. The number of amides is 1. The van der Waals surface area contributed by atoms with Crippen LogP contribution in [0.1, 0.15) is 48.3 Å². The molecule has 1 amide bonds. The molecule has 0 saturated heterocycles. The van der Waals surface area contributed by atoms with Gasteiger partial charge in [-0.05, 0) is 31.5 Å². The van der Waals surface area contributed by atoms with Crippen LogP contribution in [0.2, 0.25) is 0 Å². The molecule has 180 valence electrons. The van der Waals surface area contributed by atoms with Crippen LogP contribution in [-0.4, -0.2) is 44.5 Å². The number of halogens is 1. The zero-order chi connectivity index (χ0) is 25.2. The van der Waals surface area contributed by atoms with E-state index in [1.54, 1.807) is 25.4 Å². The summed E-state index contributed by atoms with van der Waals surface area (Å²) in [5, 5.41) is 16.8. The topological polar surface area (TPSA) is 113 Å². The predicted octanol–water partition coefficient (Wildman–Crippen LogP) is 4.03. The number of carbonyl (C=O) groups excluding carboxylic acids is 1. The van der Waals surface area contributed by atoms with Crippen LogP contribution in [0.15, 0.2) is 55.1 Å². The Morgan fingerprint density at radius 1 is 1.14 bits per heavy atom. The van der Waals surface area contributed by atoms with E-state index in [-0.39, 0.29) is 17.5 Å². The van der Waals surface area contributed by atoms with Crippen molar-refractivity contribution in [1.82, 2.24) is 25.3 Å². The van der Waals surface area contributed by atoms with Crippen molar-refractivity contribution in [1.29, 1.82) is 0 Å². The maximum absolute atomic E-state index is 14.5. The number of benzene rings is 1. The zero-order valence-corrected chi connectivity index (χ0v) is 20.0. The van der Waals surface area contributed by atoms with Gasteiger partial charge < -0.3 is 15.7 Å². The minimum atomic E-state index is -1.38. The minimum absolute atomic E-state index is 0.0225. The van der Waals surface area contributed by atoms with Crippen molar-refractivity contribution in [3.8, 4) is 11.3 Å². The lowest BCUT2D eigenvalue weighted by Gasteiger charge is -2.18. The van der Waals surface area contributed by atoms with Crippen LogP contribution in [0.3, 0.4) is 0 Å². The number of aliphatic hydroxyl groups is 1. The molecule has 0 radical (unpaired) electrons. The Labute approximate surface area is 202 Å². The normalized spacial score (nSPS) is 12.4. The minimum Gasteiger partial charge on any atom is -0.384 e. The van der Waals surface area contributed by atoms with Crippen molar-refractivity contribution in [3.63, 3.8) is 0 Å². The van der Waals surface area contributed by atoms with E-state index in [0.29, 0.717) is 29.2 Å². The second-order valence-electron chi connectivity index (χ2n) is 8.86. The molecule has 8 nitrogen and oxygen atoms in total. The van der Waals surface area contributed by atoms with E-state index >= 15 is 0 Å². The van der Waals surface area contributed by atoms with Gasteiger partial charge in [0.15, 0.2) is 0 Å². The van der Waals surface area contributed by atoms with Crippen molar-refractivity contribution in [3.05, 3.63) is 77.8 Å². The van der Waals surface area contributed by atoms with Crippen molar-refractivity contribution < 1.29 is 14.3 Å². The standard InChI is InChI=1S/C26H27FN6O2/c1-15(17-6-5-7-18-19(25(34)28-4)8-9-29-23(17)18)12-30-22-11-21(32-14-33-22)16-10-20(27)24(31-13-16)26(2,3)35/h5-11,13-15,35H,12H2,1-4H3,(H,28,34)(H,30,32,33)/t15-/m1/s1. The second kappa shape index (κ2) is 9.71. The first-order valence-electron chi connectivity index (χ1n) is 11.2. The van der Waals surface area contributed by atoms with Gasteiger partial charge >= 0.3 is 0 Å². The molecule has 3 N–H and O–H groups in total. The highest BCUT2D eigenvalue weighted by Crippen LogP contribution is 2.28. The molecule has 4 aromatic rings. The Morgan fingerprint density at radius 2 is 1.94 bits per heavy atom. The van der Waals surface area contributed by atoms with Gasteiger partial charge in [0.2, 0.25) is 0 Å². The van der Waals surface area contributed by atoms with Gasteiger partial charge in [-0.3, -0.25) is 14.8 Å². The molecule has 0 aliphatic rings. The quantitative estimate of drug-likeness (QED) is 0.371. The number of pyridine rings is 2. The number of nitrogens with zero attached hydrogens (tertiary/aromatic N) is 4. The fourth-order valence-corrected chi connectivity index (χ4v) is 3.94. The molecule has 1 atom stereocenters. The lowest BCUT2D eigenvalue weighted by molar-refractivity contribution is 0.0695. The van der Waals surface area contributed by atoms with Crippen LogP contribution >= 0.6 is 0 Å². The Bertz CT molecular complexity index is 1390. The first-order valence-corrected chi connectivity index (χ1v) is 11.2. The van der Waals surface area contributed by atoms with Crippen molar-refractivity contribution in [2.75, 3.05) is 18.9 Å². The third kappa shape index (κ3) is 5.09. The number of nitrogens with one attached hydrogen (secondary N) is 2. The van der Waals surface area contributed by atoms with Crippen molar-refractivity contribution in [2.45, 2.75) is 32.3 Å². The van der Waals surface area contributed by atoms with E-state index in [1.807, 2.05) is 18.2 Å². The van der Waals surface area contributed by atoms with Crippen LogP contribution in [0.4, 0.5) is 10.2 Å². The van der Waals surface area contributed by atoms with Crippen LogP contribution in [-0.2, 0) is 5.60 Å². The molecule has 0 spiro atoms. The van der Waals surface area contributed by atoms with Gasteiger partial charge in [0.1, 0.15) is 29.3 Å². The summed E-state index contributed by atoms with van der Waals surface area (Å²) in [6, 6.07) is 10.5. The molecular weight excluding hydrogens is 447 g/mol. The van der Waals surface area contributed by atoms with E-state index in [1.165, 1.54) is 32.4 Å². The SMILES string of the molecule is CNC(=O)c1ccnc2c([C@H](C)CNc3cc(-c4cnc(C(C)(C)O)c(F)c4)ncn3)cccc12. The number of hydrogen-bond donors (Lipinski definition) is 3. The predicted molar refractivity (Wildman–Crippen MR) is 133 cm³/mol. The van der Waals surface area contributed by atoms with Gasteiger partial charge in [-0.15, -0.1) is 0 Å². The summed E-state index contributed by atoms with van der Waals surface area (Å²) < 4.78 is 14.5. The molecule has 35 heavy (non-hydrogen) atoms. The Hall–Kier alpha value is -3.98. The Morgan fingerprint density at radius 3 is 2.66 bits per heavy atom. The fraction of sp³-hybridized carbons (Fsp3) is 0.269. The molecule has 3 heterocycles. The molecule has 1 aromatic carbocycles. The molecule has 0 saturated carbocycles. The van der Waals surface area contributed by atoms with E-state index < -0.39 is 11.4 Å². The summed E-state index contributed by atoms with van der Waals surface area (Å²) in [4.78, 5) is 29.4. The summed E-state index contributed by atoms with van der Waals surface area (Å²) >= 11 is 0. The maximum atomic E-state index is 14.5. The summed E-state index contributed by atoms with van der Waals surface area (Å²) in [5.74, 6) is -0.130. The van der Waals surface area contributed by atoms with E-state index in [4.69, 9.17) is 0 Å². The van der Waals surface area contributed by atoms with Gasteiger partial charge in [0, 0.05) is 48.9 Å². The molecular formula is C26H27FN6O2. The number of carbonyl (C=O) groups is 1. The number of para-hydroxylation sites is 1. The third-order valence-corrected chi connectivity index (χ3v) is 5.78. The second-order valence-corrected chi connectivity index (χ2v) is 8.86. The lowest BCUT2D eigenvalue weighted by Crippen LogP contribution is -2.19. The summed E-state index contributed by atoms with van der Waals surface area (Å²) in [6.07, 6.45) is 4.53. The summed E-state index contributed by atoms with van der Waals surface area (Å²) in [5.41, 5.74) is 1.94. The van der Waals surface area contributed by atoms with Gasteiger partial charge in [-0.1, -0.05) is 25.1 Å². The van der Waals surface area contributed by atoms with Crippen LogP contribution < -0.4 is 10.6 Å². The van der Waals surface area contributed by atoms with E-state index in [9.17, 15) is 14.3 Å². The number of rotatable bonds is 7. The van der Waals surface area contributed by atoms with E-state index in [0.717, 1.165) is 16.5 Å². The van der Waals surface area contributed by atoms with Gasteiger partial charge in [0.25, 0.3) is 5.91 Å². The zero-order valence-electron chi connectivity index (χ0n) is 20.0. The molecule has 0 fully saturated rings. The van der Waals surface area contributed by atoms with E-state index in [2.05, 4.69) is 37.5 Å². The van der Waals surface area contributed by atoms with Gasteiger partial charge in [-0.25, -0.2) is 14.4 Å². The molecule has 0 unspecified atom stereocenters. The molecule has 0 aliphatic heterocycles. The Balaban J connectivity index is 1.54. The average molecular weight is 475 g/mol. The van der Waals surface area contributed by atoms with Gasteiger partial charge in [-0.2, -0.15) is 0 Å². The maximum Gasteiger partial charge on any atom is 0.251 e. The highest BCUT2D eigenvalue weighted by atomic mass is 19.1. The Kier molecular flexibility index (Phi) is 6.70. The molecule has 9 heteroatoms. The molecule has 0 aliphatic carbocycles. The third-order valence-electron chi connectivity index (χ3n) is 5.78. The van der Waals surface area contributed by atoms with Crippen molar-refractivity contribution >= 4 is 22.6 Å². The van der Waals surface area contributed by atoms with Crippen molar-refractivity contribution in [2.24, 2.45) is 0 Å². The highest BCUT2D eigenvalue weighted by molar-refractivity contribution is 6.06. The summed E-state index contributed by atoms with van der Waals surface area (Å²) in [7, 11) is 1.60. The largest absolute Gasteiger partial charge is 0.384 e. The molecule has 4 rings (SSSR count). The molecule has 3 aromatic heterocycles. The van der Waals surface area contributed by atoms with Gasteiger partial charge in [0.05, 0.1) is 16.8 Å². The number of anilines is 1. The summed E-state index contributed by atoms with van der Waals surface area (Å²) in [6.45, 7) is 5.58. The average Bonchev–Trinajstić information content (AvgIpc) is 2.85.